The minimum Gasteiger partial charge on any atom is -0.438 e. The molecule has 2 rings (SSSR count). The number of nitrogens with two attached hydrogens (primary N) is 1. The summed E-state index contributed by atoms with van der Waals surface area (Å²) in [6.07, 6.45) is 1.55. The van der Waals surface area contributed by atoms with Crippen molar-refractivity contribution in [3.05, 3.63) is 45.5 Å². The van der Waals surface area contributed by atoms with E-state index in [1.54, 1.807) is 18.3 Å². The molecule has 88 valence electrons. The van der Waals surface area contributed by atoms with Crippen molar-refractivity contribution in [1.29, 1.82) is 0 Å². The number of aromatic nitrogens is 1. The maximum atomic E-state index is 5.88. The zero-order valence-electron chi connectivity index (χ0n) is 9.08. The topological polar surface area (TPSA) is 48.1 Å². The second kappa shape index (κ2) is 4.94. The van der Waals surface area contributed by atoms with Gasteiger partial charge in [0.1, 0.15) is 5.75 Å². The predicted molar refractivity (Wildman–Crippen MR) is 72.6 cm³/mol. The van der Waals surface area contributed by atoms with Crippen LogP contribution in [0.4, 0.5) is 5.69 Å². The molecule has 0 aliphatic rings. The highest BCUT2D eigenvalue weighted by Crippen LogP contribution is 2.31. The van der Waals surface area contributed by atoms with Gasteiger partial charge < -0.3 is 10.5 Å². The van der Waals surface area contributed by atoms with E-state index in [1.807, 2.05) is 19.1 Å². The zero-order valence-corrected chi connectivity index (χ0v) is 11.4. The number of hydrogen-bond acceptors (Lipinski definition) is 3. The van der Waals surface area contributed by atoms with E-state index in [1.165, 1.54) is 0 Å². The zero-order chi connectivity index (χ0) is 12.4. The molecule has 0 fully saturated rings. The molecule has 0 saturated heterocycles. The van der Waals surface area contributed by atoms with Gasteiger partial charge in [-0.1, -0.05) is 11.6 Å². The quantitative estimate of drug-likeness (QED) is 0.904. The second-order valence-corrected chi connectivity index (χ2v) is 4.86. The smallest absolute Gasteiger partial charge is 0.233 e. The number of halogens is 2. The van der Waals surface area contributed by atoms with Gasteiger partial charge in [0.2, 0.25) is 5.88 Å². The van der Waals surface area contributed by atoms with Crippen LogP contribution in [-0.2, 0) is 0 Å². The van der Waals surface area contributed by atoms with Gasteiger partial charge in [-0.2, -0.15) is 0 Å². The molecule has 0 radical (unpaired) electrons. The predicted octanol–water partition coefficient (Wildman–Crippen LogP) is 4.18. The Morgan fingerprint density at radius 2 is 2.12 bits per heavy atom. The maximum absolute atomic E-state index is 5.88. The van der Waals surface area contributed by atoms with Gasteiger partial charge in [0, 0.05) is 5.02 Å². The minimum absolute atomic E-state index is 0.477. The number of benzene rings is 1. The molecular weight excluding hydrogens is 304 g/mol. The van der Waals surface area contributed by atoms with Gasteiger partial charge in [-0.05, 0) is 52.7 Å². The standard InChI is InChI=1S/C12H10BrClN2O/c1-7-4-8(14)2-3-11(7)17-12-10(13)5-9(15)6-16-12/h2-6H,15H2,1H3. The SMILES string of the molecule is Cc1cc(Cl)ccc1Oc1ncc(N)cc1Br. The van der Waals surface area contributed by atoms with Crippen molar-refractivity contribution in [2.75, 3.05) is 5.73 Å². The Balaban J connectivity index is 2.31. The first kappa shape index (κ1) is 12.2. The van der Waals surface area contributed by atoms with Crippen LogP contribution in [-0.4, -0.2) is 4.98 Å². The van der Waals surface area contributed by atoms with Gasteiger partial charge >= 0.3 is 0 Å². The summed E-state index contributed by atoms with van der Waals surface area (Å²) >= 11 is 9.23. The van der Waals surface area contributed by atoms with Gasteiger partial charge in [-0.3, -0.25) is 0 Å². The van der Waals surface area contributed by atoms with Crippen molar-refractivity contribution in [1.82, 2.24) is 4.98 Å². The van der Waals surface area contributed by atoms with Crippen LogP contribution in [0.2, 0.25) is 5.02 Å². The van der Waals surface area contributed by atoms with Gasteiger partial charge in [-0.15, -0.1) is 0 Å². The van der Waals surface area contributed by atoms with E-state index >= 15 is 0 Å². The van der Waals surface area contributed by atoms with Crippen molar-refractivity contribution in [2.24, 2.45) is 0 Å². The highest BCUT2D eigenvalue weighted by molar-refractivity contribution is 9.10. The number of aryl methyl sites for hydroxylation is 1. The summed E-state index contributed by atoms with van der Waals surface area (Å²) in [7, 11) is 0. The molecule has 0 aliphatic heterocycles. The lowest BCUT2D eigenvalue weighted by atomic mass is 10.2. The molecule has 3 nitrogen and oxygen atoms in total. The highest BCUT2D eigenvalue weighted by atomic mass is 79.9. The Hall–Kier alpha value is -1.26. The summed E-state index contributed by atoms with van der Waals surface area (Å²) in [6, 6.07) is 7.16. The Labute approximate surface area is 113 Å². The summed E-state index contributed by atoms with van der Waals surface area (Å²) < 4.78 is 6.39. The van der Waals surface area contributed by atoms with Crippen molar-refractivity contribution in [3.63, 3.8) is 0 Å². The summed E-state index contributed by atoms with van der Waals surface area (Å²) in [6.45, 7) is 1.92. The van der Waals surface area contributed by atoms with Crippen LogP contribution < -0.4 is 10.5 Å². The summed E-state index contributed by atoms with van der Waals surface area (Å²) in [5.41, 5.74) is 7.13. The average Bonchev–Trinajstić information content (AvgIpc) is 2.25. The molecule has 0 atom stereocenters. The first-order valence-corrected chi connectivity index (χ1v) is 6.08. The Morgan fingerprint density at radius 1 is 1.35 bits per heavy atom. The lowest BCUT2D eigenvalue weighted by Crippen LogP contribution is -1.93. The summed E-state index contributed by atoms with van der Waals surface area (Å²) in [5.74, 6) is 1.19. The van der Waals surface area contributed by atoms with E-state index in [2.05, 4.69) is 20.9 Å². The first-order valence-electron chi connectivity index (χ1n) is 4.91. The number of nitrogens with zero attached hydrogens (tertiary/aromatic N) is 1. The van der Waals surface area contributed by atoms with Crippen molar-refractivity contribution < 1.29 is 4.74 Å². The molecule has 1 heterocycles. The molecule has 2 aromatic rings. The van der Waals surface area contributed by atoms with E-state index in [4.69, 9.17) is 22.1 Å². The largest absolute Gasteiger partial charge is 0.438 e. The average molecular weight is 314 g/mol. The van der Waals surface area contributed by atoms with Crippen molar-refractivity contribution >= 4 is 33.2 Å². The third-order valence-corrected chi connectivity index (χ3v) is 2.98. The number of anilines is 1. The number of ether oxygens (including phenoxy) is 1. The van der Waals surface area contributed by atoms with Crippen LogP contribution in [0.3, 0.4) is 0 Å². The van der Waals surface area contributed by atoms with Crippen LogP contribution in [0.25, 0.3) is 0 Å². The van der Waals surface area contributed by atoms with Gasteiger partial charge in [0.25, 0.3) is 0 Å². The molecule has 17 heavy (non-hydrogen) atoms. The van der Waals surface area contributed by atoms with E-state index in [9.17, 15) is 0 Å². The van der Waals surface area contributed by atoms with Crippen LogP contribution in [0.5, 0.6) is 11.6 Å². The highest BCUT2D eigenvalue weighted by Gasteiger charge is 2.07. The molecule has 0 amide bonds. The third-order valence-electron chi connectivity index (χ3n) is 2.17. The van der Waals surface area contributed by atoms with Crippen LogP contribution >= 0.6 is 27.5 Å². The normalized spacial score (nSPS) is 10.3. The monoisotopic (exact) mass is 312 g/mol. The third kappa shape index (κ3) is 2.90. The van der Waals surface area contributed by atoms with Crippen LogP contribution in [0.1, 0.15) is 5.56 Å². The van der Waals surface area contributed by atoms with Gasteiger partial charge in [-0.25, -0.2) is 4.98 Å². The van der Waals surface area contributed by atoms with E-state index in [0.29, 0.717) is 26.8 Å². The Bertz CT molecular complexity index is 511. The molecule has 1 aromatic carbocycles. The second-order valence-electron chi connectivity index (χ2n) is 3.57. The van der Waals surface area contributed by atoms with Crippen LogP contribution in [0.15, 0.2) is 34.9 Å². The Kier molecular flexibility index (Phi) is 3.54. The lowest BCUT2D eigenvalue weighted by Gasteiger charge is -2.09. The van der Waals surface area contributed by atoms with Gasteiger partial charge in [0.05, 0.1) is 16.4 Å². The van der Waals surface area contributed by atoms with E-state index in [-0.39, 0.29) is 0 Å². The van der Waals surface area contributed by atoms with Crippen molar-refractivity contribution in [2.45, 2.75) is 6.92 Å². The Morgan fingerprint density at radius 3 is 2.76 bits per heavy atom. The maximum Gasteiger partial charge on any atom is 0.233 e. The molecule has 0 aliphatic carbocycles. The fourth-order valence-corrected chi connectivity index (χ4v) is 2.02. The van der Waals surface area contributed by atoms with E-state index < -0.39 is 0 Å². The summed E-state index contributed by atoms with van der Waals surface area (Å²) in [4.78, 5) is 4.11. The molecule has 0 unspecified atom stereocenters. The fourth-order valence-electron chi connectivity index (χ4n) is 1.35. The molecule has 2 N–H and O–H groups in total. The summed E-state index contributed by atoms with van der Waals surface area (Å²) in [5, 5.41) is 0.680. The molecule has 0 saturated carbocycles. The number of nitrogen functional groups attached to an aromatic ring is 1. The lowest BCUT2D eigenvalue weighted by molar-refractivity contribution is 0.456. The van der Waals surface area contributed by atoms with Crippen molar-refractivity contribution in [3.8, 4) is 11.6 Å². The molecule has 5 heteroatoms. The number of hydrogen-bond donors (Lipinski definition) is 1. The number of pyridine rings is 1. The number of rotatable bonds is 2. The first-order chi connectivity index (χ1) is 8.06. The molecular formula is C12H10BrClN2O. The van der Waals surface area contributed by atoms with Crippen LogP contribution in [0, 0.1) is 6.92 Å². The molecule has 1 aromatic heterocycles. The van der Waals surface area contributed by atoms with Gasteiger partial charge in [0.15, 0.2) is 0 Å². The fraction of sp³-hybridized carbons (Fsp3) is 0.0833. The molecule has 0 bridgehead atoms. The minimum atomic E-state index is 0.477. The van der Waals surface area contributed by atoms with E-state index in [0.717, 1.165) is 5.56 Å². The molecule has 0 spiro atoms.